The Morgan fingerprint density at radius 2 is 1.82 bits per heavy atom. The molecule has 0 amide bonds. The molecule has 1 aliphatic heterocycles. The molecule has 1 N–H and O–H groups in total. The summed E-state index contributed by atoms with van der Waals surface area (Å²) in [5.74, 6) is -0.179. The van der Waals surface area contributed by atoms with Gasteiger partial charge in [0.1, 0.15) is 6.33 Å². The summed E-state index contributed by atoms with van der Waals surface area (Å²) in [6, 6.07) is 3.95. The zero-order valence-electron chi connectivity index (χ0n) is 19.3. The van der Waals surface area contributed by atoms with E-state index in [2.05, 4.69) is 25.4 Å². The molecule has 8 nitrogen and oxygen atoms in total. The molecule has 1 saturated heterocycles. The SMILES string of the molecule is CCN(c1ccc(F)c(F)c1)c1nc(NC2[C@@H]3CC[C@H]2CN(c2ncnc(C)c2F)C3)nn1C. The molecule has 34 heavy (non-hydrogen) atoms. The average Bonchev–Trinajstić information content (AvgIpc) is 3.27. The summed E-state index contributed by atoms with van der Waals surface area (Å²) < 4.78 is 43.4. The largest absolute Gasteiger partial charge is 0.353 e. The molecule has 0 spiro atoms. The molecule has 2 aromatic heterocycles. The molecule has 2 fully saturated rings. The van der Waals surface area contributed by atoms with Gasteiger partial charge >= 0.3 is 0 Å². The minimum absolute atomic E-state index is 0.163. The first-order valence-corrected chi connectivity index (χ1v) is 11.5. The van der Waals surface area contributed by atoms with E-state index in [1.165, 1.54) is 12.4 Å². The number of hydrogen-bond acceptors (Lipinski definition) is 7. The van der Waals surface area contributed by atoms with E-state index in [1.807, 2.05) is 11.8 Å². The van der Waals surface area contributed by atoms with Gasteiger partial charge in [-0.1, -0.05) is 0 Å². The Balaban J connectivity index is 1.33. The Morgan fingerprint density at radius 1 is 1.09 bits per heavy atom. The summed E-state index contributed by atoms with van der Waals surface area (Å²) in [6.45, 7) is 5.44. The molecule has 5 rings (SSSR count). The maximum absolute atomic E-state index is 14.6. The van der Waals surface area contributed by atoms with Gasteiger partial charge in [-0.3, -0.25) is 0 Å². The van der Waals surface area contributed by atoms with Gasteiger partial charge in [0, 0.05) is 44.5 Å². The van der Waals surface area contributed by atoms with Crippen molar-refractivity contribution in [3.63, 3.8) is 0 Å². The smallest absolute Gasteiger partial charge is 0.244 e. The summed E-state index contributed by atoms with van der Waals surface area (Å²) >= 11 is 0. The fourth-order valence-electron chi connectivity index (χ4n) is 5.21. The van der Waals surface area contributed by atoms with Crippen molar-refractivity contribution >= 4 is 23.4 Å². The number of piperidine rings is 1. The molecule has 2 aliphatic rings. The van der Waals surface area contributed by atoms with Crippen LogP contribution >= 0.6 is 0 Å². The minimum Gasteiger partial charge on any atom is -0.353 e. The van der Waals surface area contributed by atoms with Crippen LogP contribution in [0.3, 0.4) is 0 Å². The van der Waals surface area contributed by atoms with E-state index in [0.29, 0.717) is 60.6 Å². The van der Waals surface area contributed by atoms with E-state index in [9.17, 15) is 13.2 Å². The lowest BCUT2D eigenvalue weighted by Gasteiger charge is -2.38. The van der Waals surface area contributed by atoms with Crippen LogP contribution in [0.5, 0.6) is 0 Å². The summed E-state index contributed by atoms with van der Waals surface area (Å²) in [5.41, 5.74) is 0.850. The van der Waals surface area contributed by atoms with Crippen LogP contribution in [0.15, 0.2) is 24.5 Å². The van der Waals surface area contributed by atoms with Gasteiger partial charge in [0.2, 0.25) is 11.9 Å². The fraction of sp³-hybridized carbons (Fsp3) is 0.478. The highest BCUT2D eigenvalue weighted by Gasteiger charge is 2.43. The van der Waals surface area contributed by atoms with Crippen molar-refractivity contribution in [2.45, 2.75) is 32.7 Å². The Morgan fingerprint density at radius 3 is 2.50 bits per heavy atom. The average molecular weight is 473 g/mol. The maximum atomic E-state index is 14.6. The summed E-state index contributed by atoms with van der Waals surface area (Å²) in [4.78, 5) is 16.6. The molecule has 1 aromatic carbocycles. The molecule has 11 heteroatoms. The van der Waals surface area contributed by atoms with Crippen LogP contribution < -0.4 is 15.1 Å². The maximum Gasteiger partial charge on any atom is 0.244 e. The van der Waals surface area contributed by atoms with E-state index in [0.717, 1.165) is 25.0 Å². The minimum atomic E-state index is -0.907. The number of anilines is 4. The third kappa shape index (κ3) is 3.92. The van der Waals surface area contributed by atoms with Gasteiger partial charge in [-0.05, 0) is 50.7 Å². The second kappa shape index (κ2) is 8.77. The number of rotatable bonds is 6. The van der Waals surface area contributed by atoms with Crippen LogP contribution in [0.2, 0.25) is 0 Å². The van der Waals surface area contributed by atoms with Crippen LogP contribution in [0, 0.1) is 36.2 Å². The number of nitrogens with one attached hydrogen (secondary N) is 1. The topological polar surface area (TPSA) is 75.0 Å². The highest BCUT2D eigenvalue weighted by atomic mass is 19.2. The normalized spacial score (nSPS) is 21.7. The van der Waals surface area contributed by atoms with Gasteiger partial charge in [0.05, 0.1) is 5.69 Å². The molecular formula is C23H27F3N8. The molecule has 0 radical (unpaired) electrons. The number of fused-ring (bicyclic) bond motifs is 2. The number of aromatic nitrogens is 5. The van der Waals surface area contributed by atoms with E-state index < -0.39 is 11.6 Å². The third-order valence-corrected chi connectivity index (χ3v) is 6.89. The number of nitrogens with zero attached hydrogens (tertiary/aromatic N) is 7. The molecule has 1 unspecified atom stereocenters. The van der Waals surface area contributed by atoms with Crippen molar-refractivity contribution in [3.05, 3.63) is 47.7 Å². The Kier molecular flexibility index (Phi) is 5.78. The van der Waals surface area contributed by atoms with Gasteiger partial charge in [0.25, 0.3) is 0 Å². The highest BCUT2D eigenvalue weighted by molar-refractivity contribution is 5.58. The van der Waals surface area contributed by atoms with Crippen molar-refractivity contribution < 1.29 is 13.2 Å². The van der Waals surface area contributed by atoms with Gasteiger partial charge in [-0.25, -0.2) is 27.8 Å². The van der Waals surface area contributed by atoms with E-state index in [-0.39, 0.29) is 11.9 Å². The molecule has 1 saturated carbocycles. The monoisotopic (exact) mass is 472 g/mol. The van der Waals surface area contributed by atoms with Crippen LogP contribution in [0.4, 0.5) is 36.6 Å². The third-order valence-electron chi connectivity index (χ3n) is 6.89. The predicted molar refractivity (Wildman–Crippen MR) is 123 cm³/mol. The molecular weight excluding hydrogens is 445 g/mol. The first kappa shape index (κ1) is 22.4. The summed E-state index contributed by atoms with van der Waals surface area (Å²) in [5, 5.41) is 8.03. The molecule has 3 heterocycles. The first-order valence-electron chi connectivity index (χ1n) is 11.5. The quantitative estimate of drug-likeness (QED) is 0.585. The van der Waals surface area contributed by atoms with Crippen molar-refractivity contribution in [2.24, 2.45) is 18.9 Å². The Bertz CT molecular complexity index is 1180. The summed E-state index contributed by atoms with van der Waals surface area (Å²) in [6.07, 6.45) is 3.46. The van der Waals surface area contributed by atoms with Gasteiger partial charge in [-0.15, -0.1) is 5.10 Å². The van der Waals surface area contributed by atoms with Crippen LogP contribution in [-0.2, 0) is 7.05 Å². The lowest BCUT2D eigenvalue weighted by atomic mass is 9.92. The van der Waals surface area contributed by atoms with Gasteiger partial charge in [0.15, 0.2) is 23.3 Å². The number of benzene rings is 1. The van der Waals surface area contributed by atoms with Crippen LogP contribution in [0.1, 0.15) is 25.5 Å². The van der Waals surface area contributed by atoms with E-state index in [4.69, 9.17) is 0 Å². The van der Waals surface area contributed by atoms with Crippen LogP contribution in [0.25, 0.3) is 0 Å². The first-order chi connectivity index (χ1) is 16.4. The van der Waals surface area contributed by atoms with E-state index in [1.54, 1.807) is 23.6 Å². The zero-order valence-corrected chi connectivity index (χ0v) is 19.3. The fourth-order valence-corrected chi connectivity index (χ4v) is 5.21. The second-order valence-corrected chi connectivity index (χ2v) is 8.97. The summed E-state index contributed by atoms with van der Waals surface area (Å²) in [7, 11) is 1.77. The highest BCUT2D eigenvalue weighted by Crippen LogP contribution is 2.40. The van der Waals surface area contributed by atoms with Crippen LogP contribution in [-0.4, -0.2) is 50.4 Å². The van der Waals surface area contributed by atoms with Gasteiger partial charge in [-0.2, -0.15) is 4.98 Å². The predicted octanol–water partition coefficient (Wildman–Crippen LogP) is 3.82. The molecule has 3 atom stereocenters. The van der Waals surface area contributed by atoms with Gasteiger partial charge < -0.3 is 15.1 Å². The Labute approximate surface area is 195 Å². The van der Waals surface area contributed by atoms with Crippen molar-refractivity contribution in [3.8, 4) is 0 Å². The Hall–Kier alpha value is -3.37. The molecule has 180 valence electrons. The number of aryl methyl sites for hydroxylation is 2. The van der Waals surface area contributed by atoms with Crippen molar-refractivity contribution in [1.29, 1.82) is 0 Å². The lowest BCUT2D eigenvalue weighted by Crippen LogP contribution is -2.48. The lowest BCUT2D eigenvalue weighted by molar-refractivity contribution is 0.371. The van der Waals surface area contributed by atoms with E-state index >= 15 is 0 Å². The van der Waals surface area contributed by atoms with Crippen molar-refractivity contribution in [1.82, 2.24) is 24.7 Å². The molecule has 2 bridgehead atoms. The number of halogens is 3. The molecule has 1 aliphatic carbocycles. The standard InChI is InChI=1S/C23H27F3N8/c1-4-34(16-7-8-17(24)18(25)9-16)23-30-22(31-32(23)3)29-20-14-5-6-15(20)11-33(10-14)21-19(26)13(2)27-12-28-21/h7-9,12,14-15,20H,4-6,10-11H2,1-3H3,(H,29,31)/t14-,15+,20?. The van der Waals surface area contributed by atoms with Crippen molar-refractivity contribution in [2.75, 3.05) is 34.8 Å². The molecule has 3 aromatic rings. The number of hydrogen-bond donors (Lipinski definition) is 1. The zero-order chi connectivity index (χ0) is 24.0. The second-order valence-electron chi connectivity index (χ2n) is 8.97.